The van der Waals surface area contributed by atoms with Crippen LogP contribution in [0.3, 0.4) is 0 Å². The van der Waals surface area contributed by atoms with E-state index in [-0.39, 0.29) is 5.41 Å². The zero-order valence-electron chi connectivity index (χ0n) is 20.5. The minimum Gasteiger partial charge on any atom is -0.344 e. The minimum absolute atomic E-state index is 0.0676. The second kappa shape index (κ2) is 8.05. The van der Waals surface area contributed by atoms with Gasteiger partial charge in [0.2, 0.25) is 0 Å². The van der Waals surface area contributed by atoms with Gasteiger partial charge in [-0.3, -0.25) is 0 Å². The summed E-state index contributed by atoms with van der Waals surface area (Å²) in [5.74, 6) is 1.40. The molecule has 0 radical (unpaired) electrons. The molecule has 3 aromatic rings. The molecule has 0 saturated heterocycles. The van der Waals surface area contributed by atoms with Crippen molar-refractivity contribution in [2.45, 2.75) is 82.5 Å². The summed E-state index contributed by atoms with van der Waals surface area (Å²) >= 11 is 0. The maximum Gasteiger partial charge on any atom is 0.0450 e. The average molecular weight is 436 g/mol. The van der Waals surface area contributed by atoms with Gasteiger partial charge in [0, 0.05) is 23.8 Å². The molecular formula is C32H37N. The minimum atomic E-state index is 0.0676. The van der Waals surface area contributed by atoms with Gasteiger partial charge in [0.1, 0.15) is 0 Å². The van der Waals surface area contributed by atoms with E-state index >= 15 is 0 Å². The molecule has 3 aliphatic carbocycles. The molecule has 6 rings (SSSR count). The molecule has 170 valence electrons. The molecule has 0 bridgehead atoms. The summed E-state index contributed by atoms with van der Waals surface area (Å²) in [7, 11) is 2.32. The quantitative estimate of drug-likeness (QED) is 0.395. The molecule has 0 unspecified atom stereocenters. The van der Waals surface area contributed by atoms with E-state index in [1.54, 1.807) is 11.1 Å². The molecule has 33 heavy (non-hydrogen) atoms. The molecule has 0 heterocycles. The standard InChI is InChI=1S/C32H37N/c1-32(2)28-18-10-8-17-25(28)27-21-31(26(20-29(27)32)23-14-6-7-15-23)33(3)30-19-11-9-16-24(30)22-12-4-5-13-22/h8-11,16-23H,4-7,12-15H2,1-3H3. The van der Waals surface area contributed by atoms with Gasteiger partial charge < -0.3 is 4.90 Å². The highest BCUT2D eigenvalue weighted by molar-refractivity contribution is 5.86. The predicted molar refractivity (Wildman–Crippen MR) is 141 cm³/mol. The van der Waals surface area contributed by atoms with Crippen molar-refractivity contribution in [2.24, 2.45) is 0 Å². The normalized spacial score (nSPS) is 19.6. The van der Waals surface area contributed by atoms with E-state index in [1.807, 2.05) is 0 Å². The highest BCUT2D eigenvalue weighted by Gasteiger charge is 2.37. The topological polar surface area (TPSA) is 3.24 Å². The monoisotopic (exact) mass is 435 g/mol. The van der Waals surface area contributed by atoms with Crippen LogP contribution in [0.25, 0.3) is 11.1 Å². The van der Waals surface area contributed by atoms with Crippen molar-refractivity contribution in [2.75, 3.05) is 11.9 Å². The van der Waals surface area contributed by atoms with Crippen molar-refractivity contribution in [3.8, 4) is 11.1 Å². The fraction of sp³-hybridized carbons (Fsp3) is 0.438. The number of anilines is 2. The Morgan fingerprint density at radius 1 is 0.636 bits per heavy atom. The first-order valence-corrected chi connectivity index (χ1v) is 13.2. The molecule has 3 aromatic carbocycles. The van der Waals surface area contributed by atoms with Crippen LogP contribution in [-0.2, 0) is 5.41 Å². The fourth-order valence-corrected chi connectivity index (χ4v) is 7.11. The van der Waals surface area contributed by atoms with Crippen LogP contribution in [0.5, 0.6) is 0 Å². The third kappa shape index (κ3) is 3.35. The summed E-state index contributed by atoms with van der Waals surface area (Å²) in [4.78, 5) is 2.54. The summed E-state index contributed by atoms with van der Waals surface area (Å²) in [6.07, 6.45) is 10.8. The van der Waals surface area contributed by atoms with Gasteiger partial charge in [0.25, 0.3) is 0 Å². The third-order valence-corrected chi connectivity index (χ3v) is 8.98. The highest BCUT2D eigenvalue weighted by Crippen LogP contribution is 2.53. The lowest BCUT2D eigenvalue weighted by Crippen LogP contribution is -2.18. The van der Waals surface area contributed by atoms with Gasteiger partial charge in [-0.1, -0.05) is 88.1 Å². The molecular weight excluding hydrogens is 398 g/mol. The molecule has 3 aliphatic rings. The number of hydrogen-bond acceptors (Lipinski definition) is 1. The van der Waals surface area contributed by atoms with Gasteiger partial charge in [-0.15, -0.1) is 0 Å². The van der Waals surface area contributed by atoms with Gasteiger partial charge in [-0.2, -0.15) is 0 Å². The SMILES string of the molecule is CN(c1ccccc1C1CCCC1)c1cc2c(cc1C1CCCC1)C(C)(C)c1ccccc1-2. The van der Waals surface area contributed by atoms with Crippen molar-refractivity contribution >= 4 is 11.4 Å². The van der Waals surface area contributed by atoms with Crippen molar-refractivity contribution in [1.29, 1.82) is 0 Å². The lowest BCUT2D eigenvalue weighted by atomic mass is 9.80. The lowest BCUT2D eigenvalue weighted by molar-refractivity contribution is 0.653. The number of hydrogen-bond donors (Lipinski definition) is 0. The van der Waals surface area contributed by atoms with Crippen LogP contribution >= 0.6 is 0 Å². The van der Waals surface area contributed by atoms with E-state index < -0.39 is 0 Å². The number of nitrogens with zero attached hydrogens (tertiary/aromatic N) is 1. The van der Waals surface area contributed by atoms with E-state index in [4.69, 9.17) is 0 Å². The van der Waals surface area contributed by atoms with Crippen LogP contribution in [0.4, 0.5) is 11.4 Å². The van der Waals surface area contributed by atoms with Crippen LogP contribution in [0.1, 0.15) is 99.3 Å². The average Bonchev–Trinajstić information content (AvgIpc) is 3.60. The zero-order valence-corrected chi connectivity index (χ0v) is 20.5. The van der Waals surface area contributed by atoms with Gasteiger partial charge >= 0.3 is 0 Å². The Bertz CT molecular complexity index is 1170. The van der Waals surface area contributed by atoms with Gasteiger partial charge in [0.15, 0.2) is 0 Å². The summed E-state index contributed by atoms with van der Waals surface area (Å²) < 4.78 is 0. The molecule has 0 aliphatic heterocycles. The lowest BCUT2D eigenvalue weighted by Gasteiger charge is -2.30. The third-order valence-electron chi connectivity index (χ3n) is 8.98. The summed E-state index contributed by atoms with van der Waals surface area (Å²) in [6.45, 7) is 4.82. The zero-order chi connectivity index (χ0) is 22.6. The van der Waals surface area contributed by atoms with Gasteiger partial charge in [-0.05, 0) is 83.0 Å². The van der Waals surface area contributed by atoms with Crippen molar-refractivity contribution in [3.63, 3.8) is 0 Å². The maximum atomic E-state index is 2.61. The van der Waals surface area contributed by atoms with Crippen LogP contribution in [-0.4, -0.2) is 7.05 Å². The Labute approximate surface area is 199 Å². The first-order chi connectivity index (χ1) is 16.1. The molecule has 0 N–H and O–H groups in total. The van der Waals surface area contributed by atoms with Crippen molar-refractivity contribution in [3.05, 3.63) is 82.9 Å². The Hall–Kier alpha value is -2.54. The van der Waals surface area contributed by atoms with E-state index in [9.17, 15) is 0 Å². The molecule has 0 atom stereocenters. The van der Waals surface area contributed by atoms with Gasteiger partial charge in [-0.25, -0.2) is 0 Å². The molecule has 2 saturated carbocycles. The molecule has 2 fully saturated rings. The van der Waals surface area contributed by atoms with Crippen molar-refractivity contribution in [1.82, 2.24) is 0 Å². The molecule has 0 amide bonds. The first kappa shape index (κ1) is 21.0. The largest absolute Gasteiger partial charge is 0.344 e. The second-order valence-electron chi connectivity index (χ2n) is 11.2. The number of para-hydroxylation sites is 1. The Morgan fingerprint density at radius 3 is 1.97 bits per heavy atom. The number of fused-ring (bicyclic) bond motifs is 3. The molecule has 1 nitrogen and oxygen atoms in total. The van der Waals surface area contributed by atoms with Gasteiger partial charge in [0.05, 0.1) is 0 Å². The fourth-order valence-electron chi connectivity index (χ4n) is 7.11. The van der Waals surface area contributed by atoms with Crippen LogP contribution < -0.4 is 4.90 Å². The van der Waals surface area contributed by atoms with Crippen molar-refractivity contribution < 1.29 is 0 Å². The number of benzene rings is 3. The Kier molecular flexibility index (Phi) is 5.13. The number of rotatable bonds is 4. The smallest absolute Gasteiger partial charge is 0.0450 e. The first-order valence-electron chi connectivity index (χ1n) is 13.2. The van der Waals surface area contributed by atoms with Crippen LogP contribution in [0, 0.1) is 0 Å². The van der Waals surface area contributed by atoms with Crippen LogP contribution in [0.2, 0.25) is 0 Å². The van der Waals surface area contributed by atoms with E-state index in [2.05, 4.69) is 86.5 Å². The van der Waals surface area contributed by atoms with E-state index in [1.165, 1.54) is 85.0 Å². The summed E-state index contributed by atoms with van der Waals surface area (Å²) in [5.41, 5.74) is 11.9. The predicted octanol–water partition coefficient (Wildman–Crippen LogP) is 9.08. The Morgan fingerprint density at radius 2 is 1.24 bits per heavy atom. The Balaban J connectivity index is 1.53. The van der Waals surface area contributed by atoms with E-state index in [0.29, 0.717) is 11.8 Å². The molecule has 0 spiro atoms. The molecule has 1 heteroatoms. The van der Waals surface area contributed by atoms with Crippen LogP contribution in [0.15, 0.2) is 60.7 Å². The summed E-state index contributed by atoms with van der Waals surface area (Å²) in [6, 6.07) is 23.4. The van der Waals surface area contributed by atoms with E-state index in [0.717, 1.165) is 0 Å². The highest BCUT2D eigenvalue weighted by atomic mass is 15.1. The maximum absolute atomic E-state index is 2.61. The molecule has 0 aromatic heterocycles. The second-order valence-corrected chi connectivity index (χ2v) is 11.2. The summed E-state index contributed by atoms with van der Waals surface area (Å²) in [5, 5.41) is 0.